The first-order chi connectivity index (χ1) is 13.4. The topological polar surface area (TPSA) is 107 Å². The second kappa shape index (κ2) is 8.99. The van der Waals surface area contributed by atoms with Crippen molar-refractivity contribution in [3.8, 4) is 0 Å². The number of thiazole rings is 1. The van der Waals surface area contributed by atoms with Crippen molar-refractivity contribution in [2.75, 3.05) is 25.6 Å². The molecular weight excluding hydrogens is 426 g/mol. The van der Waals surface area contributed by atoms with Gasteiger partial charge in [0.1, 0.15) is 10.9 Å². The monoisotopic (exact) mass is 443 g/mol. The molecule has 1 saturated carbocycles. The average molecular weight is 444 g/mol. The van der Waals surface area contributed by atoms with Gasteiger partial charge in [0.25, 0.3) is 5.91 Å². The third kappa shape index (κ3) is 5.07. The first-order valence-electron chi connectivity index (χ1n) is 8.37. The Morgan fingerprint density at radius 3 is 2.61 bits per heavy atom. The second-order valence-electron chi connectivity index (χ2n) is 5.96. The molecule has 1 aliphatic carbocycles. The van der Waals surface area contributed by atoms with Crippen molar-refractivity contribution in [3.63, 3.8) is 0 Å². The predicted octanol–water partition coefficient (Wildman–Crippen LogP) is 2.74. The summed E-state index contributed by atoms with van der Waals surface area (Å²) in [5, 5.41) is 6.50. The van der Waals surface area contributed by atoms with Crippen LogP contribution in [0, 0.1) is 0 Å². The van der Waals surface area contributed by atoms with E-state index in [0.717, 1.165) is 11.3 Å². The summed E-state index contributed by atoms with van der Waals surface area (Å²) in [6.45, 7) is 0.462. The number of carbonyl (C=O) groups excluding carboxylic acids is 1. The quantitative estimate of drug-likeness (QED) is 0.363. The summed E-state index contributed by atoms with van der Waals surface area (Å²) in [5.41, 5.74) is 0.394. The minimum atomic E-state index is -3.31. The first-order valence-corrected chi connectivity index (χ1v) is 11.1. The molecule has 0 saturated heterocycles. The van der Waals surface area contributed by atoms with Gasteiger partial charge in [-0.2, -0.15) is 0 Å². The maximum atomic E-state index is 12.6. The van der Waals surface area contributed by atoms with Crippen molar-refractivity contribution in [2.45, 2.75) is 23.0 Å². The minimum absolute atomic E-state index is 0.0159. The number of oxime groups is 1. The van der Waals surface area contributed by atoms with Crippen LogP contribution in [0.5, 0.6) is 0 Å². The van der Waals surface area contributed by atoms with Crippen molar-refractivity contribution >= 4 is 49.5 Å². The molecule has 1 fully saturated rings. The van der Waals surface area contributed by atoms with Crippen LogP contribution in [0.4, 0.5) is 5.13 Å². The number of benzene rings is 1. The van der Waals surface area contributed by atoms with Gasteiger partial charge in [0.05, 0.1) is 22.9 Å². The van der Waals surface area contributed by atoms with Crippen LogP contribution >= 0.6 is 22.9 Å². The van der Waals surface area contributed by atoms with Crippen molar-refractivity contribution < 1.29 is 22.8 Å². The second-order valence-corrected chi connectivity index (χ2v) is 9.85. The zero-order chi connectivity index (χ0) is 20.1. The number of hydrogen-bond donors (Lipinski definition) is 1. The van der Waals surface area contributed by atoms with Gasteiger partial charge in [-0.05, 0) is 25.0 Å². The minimum Gasteiger partial charge on any atom is -0.393 e. The normalized spacial score (nSPS) is 14.7. The Morgan fingerprint density at radius 2 is 2.04 bits per heavy atom. The van der Waals surface area contributed by atoms with Crippen molar-refractivity contribution in [2.24, 2.45) is 5.16 Å². The van der Waals surface area contributed by atoms with Crippen LogP contribution in [-0.2, 0) is 24.2 Å². The largest absolute Gasteiger partial charge is 0.393 e. The standard InChI is InChI=1S/C17H18ClN3O5S2/c1-25-8-9-26-21-15(16(22)20-17-19-10-14(18)27-17)11-2-4-12(5-3-11)28(23,24)13-6-7-13/h2-5,10,13H,6-9H2,1H3,(H,19,20,22). The molecule has 28 heavy (non-hydrogen) atoms. The van der Waals surface area contributed by atoms with Crippen LogP contribution in [0.2, 0.25) is 4.34 Å². The maximum Gasteiger partial charge on any atom is 0.280 e. The van der Waals surface area contributed by atoms with E-state index >= 15 is 0 Å². The molecule has 11 heteroatoms. The SMILES string of the molecule is COCCON=C(C(=O)Nc1ncc(Cl)s1)c1ccc(S(=O)(=O)C2CC2)cc1. The van der Waals surface area contributed by atoms with E-state index in [2.05, 4.69) is 15.5 Å². The Kier molecular flexibility index (Phi) is 6.65. The molecule has 1 heterocycles. The van der Waals surface area contributed by atoms with Gasteiger partial charge in [-0.1, -0.05) is 40.2 Å². The van der Waals surface area contributed by atoms with E-state index in [1.165, 1.54) is 37.6 Å². The molecule has 0 bridgehead atoms. The molecule has 0 atom stereocenters. The van der Waals surface area contributed by atoms with Crippen LogP contribution in [0.1, 0.15) is 18.4 Å². The summed E-state index contributed by atoms with van der Waals surface area (Å²) < 4.78 is 30.0. The zero-order valence-corrected chi connectivity index (χ0v) is 17.3. The molecule has 0 aliphatic heterocycles. The number of hydrogen-bond acceptors (Lipinski definition) is 8. The lowest BCUT2D eigenvalue weighted by Crippen LogP contribution is -2.24. The number of anilines is 1. The number of halogens is 1. The molecule has 1 aromatic carbocycles. The van der Waals surface area contributed by atoms with E-state index < -0.39 is 15.7 Å². The molecule has 2 aromatic rings. The van der Waals surface area contributed by atoms with Crippen LogP contribution in [0.15, 0.2) is 40.5 Å². The Labute approximate surface area is 171 Å². The van der Waals surface area contributed by atoms with E-state index in [4.69, 9.17) is 21.2 Å². The Balaban J connectivity index is 1.82. The lowest BCUT2D eigenvalue weighted by Gasteiger charge is -2.08. The molecule has 0 unspecified atom stereocenters. The van der Waals surface area contributed by atoms with Crippen molar-refractivity contribution in [1.82, 2.24) is 4.98 Å². The fourth-order valence-electron chi connectivity index (χ4n) is 2.30. The number of aromatic nitrogens is 1. The molecule has 1 N–H and O–H groups in total. The molecule has 8 nitrogen and oxygen atoms in total. The fraction of sp³-hybridized carbons (Fsp3) is 0.353. The number of sulfone groups is 1. The lowest BCUT2D eigenvalue weighted by molar-refractivity contribution is -0.110. The van der Waals surface area contributed by atoms with Gasteiger partial charge < -0.3 is 9.57 Å². The number of amides is 1. The van der Waals surface area contributed by atoms with E-state index in [0.29, 0.717) is 34.5 Å². The van der Waals surface area contributed by atoms with Gasteiger partial charge in [0.2, 0.25) is 0 Å². The summed E-state index contributed by atoms with van der Waals surface area (Å²) in [5.74, 6) is -0.554. The molecule has 150 valence electrons. The van der Waals surface area contributed by atoms with E-state index in [-0.39, 0.29) is 22.5 Å². The number of nitrogens with zero attached hydrogens (tertiary/aromatic N) is 2. The molecule has 1 aliphatic rings. The highest BCUT2D eigenvalue weighted by atomic mass is 35.5. The Morgan fingerprint density at radius 1 is 1.32 bits per heavy atom. The number of nitrogens with one attached hydrogen (secondary N) is 1. The van der Waals surface area contributed by atoms with Gasteiger partial charge in [-0.25, -0.2) is 13.4 Å². The summed E-state index contributed by atoms with van der Waals surface area (Å²) in [7, 11) is -1.79. The molecule has 0 radical (unpaired) electrons. The summed E-state index contributed by atoms with van der Waals surface area (Å²) >= 11 is 6.93. The number of carbonyl (C=O) groups is 1. The van der Waals surface area contributed by atoms with E-state index in [1.807, 2.05) is 0 Å². The van der Waals surface area contributed by atoms with Gasteiger partial charge in [0.15, 0.2) is 20.7 Å². The Bertz CT molecular complexity index is 969. The highest BCUT2D eigenvalue weighted by Crippen LogP contribution is 2.33. The van der Waals surface area contributed by atoms with Gasteiger partial charge in [-0.15, -0.1) is 0 Å². The van der Waals surface area contributed by atoms with Crippen LogP contribution in [0.25, 0.3) is 0 Å². The molecule has 3 rings (SSSR count). The highest BCUT2D eigenvalue weighted by Gasteiger charge is 2.36. The van der Waals surface area contributed by atoms with E-state index in [1.54, 1.807) is 0 Å². The number of ether oxygens (including phenoxy) is 1. The molecule has 1 aromatic heterocycles. The molecular formula is C17H18ClN3O5S2. The Hall–Kier alpha value is -2.01. The average Bonchev–Trinajstić information content (AvgIpc) is 3.46. The van der Waals surface area contributed by atoms with Gasteiger partial charge >= 0.3 is 0 Å². The van der Waals surface area contributed by atoms with E-state index in [9.17, 15) is 13.2 Å². The summed E-state index contributed by atoms with van der Waals surface area (Å²) in [6, 6.07) is 6.01. The number of methoxy groups -OCH3 is 1. The number of rotatable bonds is 9. The first kappa shape index (κ1) is 20.7. The third-order valence-corrected chi connectivity index (χ3v) is 7.18. The maximum absolute atomic E-state index is 12.6. The molecule has 0 spiro atoms. The highest BCUT2D eigenvalue weighted by molar-refractivity contribution is 7.92. The summed E-state index contributed by atoms with van der Waals surface area (Å²) in [6.07, 6.45) is 2.79. The lowest BCUT2D eigenvalue weighted by atomic mass is 10.1. The third-order valence-electron chi connectivity index (χ3n) is 3.87. The van der Waals surface area contributed by atoms with Crippen molar-refractivity contribution in [3.05, 3.63) is 40.4 Å². The smallest absolute Gasteiger partial charge is 0.280 e. The molecule has 1 amide bonds. The van der Waals surface area contributed by atoms with Crippen LogP contribution in [-0.4, -0.2) is 50.6 Å². The summed E-state index contributed by atoms with van der Waals surface area (Å²) in [4.78, 5) is 22.0. The zero-order valence-electron chi connectivity index (χ0n) is 14.9. The fourth-order valence-corrected chi connectivity index (χ4v) is 4.76. The van der Waals surface area contributed by atoms with Crippen LogP contribution < -0.4 is 5.32 Å². The van der Waals surface area contributed by atoms with Gasteiger partial charge in [-0.3, -0.25) is 10.1 Å². The van der Waals surface area contributed by atoms with Crippen LogP contribution in [0.3, 0.4) is 0 Å². The van der Waals surface area contributed by atoms with Crippen molar-refractivity contribution in [1.29, 1.82) is 0 Å². The predicted molar refractivity (Wildman–Crippen MR) is 107 cm³/mol. The van der Waals surface area contributed by atoms with Gasteiger partial charge in [0, 0.05) is 12.7 Å².